The lowest BCUT2D eigenvalue weighted by molar-refractivity contribution is -0.0760. The van der Waals surface area contributed by atoms with Gasteiger partial charge in [0.25, 0.3) is 0 Å². The Labute approximate surface area is 117 Å². The van der Waals surface area contributed by atoms with Crippen LogP contribution < -0.4 is 0 Å². The van der Waals surface area contributed by atoms with Crippen molar-refractivity contribution in [1.29, 1.82) is 0 Å². The molecule has 2 atom stereocenters. The van der Waals surface area contributed by atoms with Crippen molar-refractivity contribution in [3.63, 3.8) is 0 Å². The van der Waals surface area contributed by atoms with Gasteiger partial charge in [-0.15, -0.1) is 0 Å². The minimum Gasteiger partial charge on any atom is -0.390 e. The van der Waals surface area contributed by atoms with E-state index in [1.165, 1.54) is 6.26 Å². The molecule has 4 nitrogen and oxygen atoms in total. The zero-order valence-corrected chi connectivity index (χ0v) is 13.0. The smallest absolute Gasteiger partial charge is 0.150 e. The van der Waals surface area contributed by atoms with Gasteiger partial charge in [0.05, 0.1) is 10.9 Å². The lowest BCUT2D eigenvalue weighted by Gasteiger charge is -2.45. The van der Waals surface area contributed by atoms with Crippen LogP contribution in [0.5, 0.6) is 0 Å². The van der Waals surface area contributed by atoms with Crippen LogP contribution in [-0.4, -0.2) is 55.2 Å². The molecule has 5 heteroatoms. The van der Waals surface area contributed by atoms with Crippen LogP contribution in [0.25, 0.3) is 0 Å². The summed E-state index contributed by atoms with van der Waals surface area (Å²) in [7, 11) is -2.96. The molecule has 1 N–H and O–H groups in total. The molecule has 1 aliphatic carbocycles. The maximum Gasteiger partial charge on any atom is 0.150 e. The van der Waals surface area contributed by atoms with Crippen LogP contribution in [0.2, 0.25) is 0 Å². The van der Waals surface area contributed by atoms with E-state index < -0.39 is 15.4 Å². The Hall–Kier alpha value is -0.130. The molecular formula is C14H27NO3S. The summed E-state index contributed by atoms with van der Waals surface area (Å²) in [5.74, 6) is 0.167. The monoisotopic (exact) mass is 289 g/mol. The maximum absolute atomic E-state index is 11.7. The van der Waals surface area contributed by atoms with Crippen molar-refractivity contribution >= 4 is 9.84 Å². The quantitative estimate of drug-likeness (QED) is 0.854. The summed E-state index contributed by atoms with van der Waals surface area (Å²) in [6.45, 7) is 5.05. The molecule has 0 spiro atoms. The third kappa shape index (κ3) is 3.50. The molecule has 2 aliphatic rings. The van der Waals surface area contributed by atoms with Crippen LogP contribution in [0.4, 0.5) is 0 Å². The topological polar surface area (TPSA) is 57.6 Å². The van der Waals surface area contributed by atoms with Gasteiger partial charge in [0.1, 0.15) is 9.84 Å². The van der Waals surface area contributed by atoms with Gasteiger partial charge in [-0.1, -0.05) is 13.3 Å². The Kier molecular flexibility index (Phi) is 4.58. The molecule has 1 saturated heterocycles. The van der Waals surface area contributed by atoms with Crippen molar-refractivity contribution < 1.29 is 13.5 Å². The molecule has 112 valence electrons. The van der Waals surface area contributed by atoms with E-state index in [1.807, 2.05) is 0 Å². The van der Waals surface area contributed by atoms with Gasteiger partial charge >= 0.3 is 0 Å². The van der Waals surface area contributed by atoms with Gasteiger partial charge in [0.2, 0.25) is 0 Å². The van der Waals surface area contributed by atoms with E-state index >= 15 is 0 Å². The van der Waals surface area contributed by atoms with Gasteiger partial charge in [-0.3, -0.25) is 0 Å². The summed E-state index contributed by atoms with van der Waals surface area (Å²) in [5.41, 5.74) is -0.630. The van der Waals surface area contributed by atoms with E-state index in [4.69, 9.17) is 0 Å². The zero-order valence-electron chi connectivity index (χ0n) is 12.1. The van der Waals surface area contributed by atoms with Gasteiger partial charge in [-0.2, -0.15) is 0 Å². The number of likely N-dealkylation sites (tertiary alicyclic amines) is 1. The highest BCUT2D eigenvalue weighted by Gasteiger charge is 2.43. The van der Waals surface area contributed by atoms with Crippen LogP contribution >= 0.6 is 0 Å². The van der Waals surface area contributed by atoms with Crippen LogP contribution in [-0.2, 0) is 9.84 Å². The largest absolute Gasteiger partial charge is 0.390 e. The highest BCUT2D eigenvalue weighted by atomic mass is 32.2. The first kappa shape index (κ1) is 15.3. The highest BCUT2D eigenvalue weighted by Crippen LogP contribution is 2.40. The highest BCUT2D eigenvalue weighted by molar-refractivity contribution is 7.91. The van der Waals surface area contributed by atoms with Crippen molar-refractivity contribution in [1.82, 2.24) is 4.90 Å². The second-order valence-electron chi connectivity index (χ2n) is 6.35. The Morgan fingerprint density at radius 2 is 1.89 bits per heavy atom. The van der Waals surface area contributed by atoms with Crippen LogP contribution in [0.15, 0.2) is 0 Å². The Morgan fingerprint density at radius 1 is 1.26 bits per heavy atom. The average molecular weight is 289 g/mol. The summed E-state index contributed by atoms with van der Waals surface area (Å²) in [5, 5.41) is 10.6. The molecule has 19 heavy (non-hydrogen) atoms. The molecular weight excluding hydrogens is 262 g/mol. The summed E-state index contributed by atoms with van der Waals surface area (Å²) < 4.78 is 23.5. The van der Waals surface area contributed by atoms with Crippen molar-refractivity contribution in [2.45, 2.75) is 56.3 Å². The number of sulfone groups is 1. The van der Waals surface area contributed by atoms with Gasteiger partial charge < -0.3 is 10.0 Å². The Bertz CT molecular complexity index is 399. The summed E-state index contributed by atoms with van der Waals surface area (Å²) in [6, 6.07) is 0. The van der Waals surface area contributed by atoms with Crippen molar-refractivity contribution in [2.24, 2.45) is 5.92 Å². The predicted octanol–water partition coefficient (Wildman–Crippen LogP) is 1.44. The zero-order chi connectivity index (χ0) is 14.1. The lowest BCUT2D eigenvalue weighted by Crippen LogP contribution is -2.50. The molecule has 0 aromatic rings. The number of rotatable bonds is 3. The predicted molar refractivity (Wildman–Crippen MR) is 76.9 cm³/mol. The van der Waals surface area contributed by atoms with Crippen molar-refractivity contribution in [2.75, 3.05) is 25.9 Å². The Morgan fingerprint density at radius 3 is 2.42 bits per heavy atom. The second kappa shape index (κ2) is 5.70. The first-order valence-electron chi connectivity index (χ1n) is 7.49. The van der Waals surface area contributed by atoms with Gasteiger partial charge in [0, 0.05) is 19.3 Å². The molecule has 0 radical (unpaired) electrons. The fourth-order valence-corrected chi connectivity index (χ4v) is 4.86. The normalized spacial score (nSPS) is 33.2. The summed E-state index contributed by atoms with van der Waals surface area (Å²) in [4.78, 5) is 2.35. The number of piperidine rings is 1. The molecule has 0 bridgehead atoms. The molecule has 2 fully saturated rings. The Balaban J connectivity index is 2.01. The standard InChI is InChI=1S/C14H27NO3S/c1-3-15-9-7-14(16,8-10-15)12-5-4-6-13(11-12)19(2,17)18/h12-13,16H,3-11H2,1-2H3. The van der Waals surface area contributed by atoms with Crippen LogP contribution in [0, 0.1) is 5.92 Å². The van der Waals surface area contributed by atoms with Gasteiger partial charge in [-0.25, -0.2) is 8.42 Å². The minimum atomic E-state index is -2.96. The van der Waals surface area contributed by atoms with E-state index in [-0.39, 0.29) is 11.2 Å². The van der Waals surface area contributed by atoms with E-state index in [2.05, 4.69) is 11.8 Å². The van der Waals surface area contributed by atoms with Gasteiger partial charge in [-0.05, 0) is 44.6 Å². The molecule has 0 amide bonds. The lowest BCUT2D eigenvalue weighted by atomic mass is 9.72. The van der Waals surface area contributed by atoms with E-state index in [9.17, 15) is 13.5 Å². The van der Waals surface area contributed by atoms with E-state index in [0.717, 1.165) is 51.7 Å². The summed E-state index contributed by atoms with van der Waals surface area (Å²) >= 11 is 0. The van der Waals surface area contributed by atoms with Crippen LogP contribution in [0.3, 0.4) is 0 Å². The molecule has 2 unspecified atom stereocenters. The molecule has 1 aliphatic heterocycles. The molecule has 2 rings (SSSR count). The first-order valence-corrected chi connectivity index (χ1v) is 9.44. The first-order chi connectivity index (χ1) is 8.85. The van der Waals surface area contributed by atoms with Gasteiger partial charge in [0.15, 0.2) is 0 Å². The average Bonchev–Trinajstić information content (AvgIpc) is 2.39. The van der Waals surface area contributed by atoms with E-state index in [0.29, 0.717) is 6.42 Å². The minimum absolute atomic E-state index is 0.167. The van der Waals surface area contributed by atoms with Crippen molar-refractivity contribution in [3.05, 3.63) is 0 Å². The SMILES string of the molecule is CCN1CCC(O)(C2CCCC(S(C)(=O)=O)C2)CC1. The maximum atomic E-state index is 11.7. The number of hydrogen-bond acceptors (Lipinski definition) is 4. The molecule has 0 aromatic carbocycles. The third-order valence-corrected chi connectivity index (χ3v) is 6.80. The second-order valence-corrected chi connectivity index (χ2v) is 8.68. The van der Waals surface area contributed by atoms with Crippen molar-refractivity contribution in [3.8, 4) is 0 Å². The number of hydrogen-bond donors (Lipinski definition) is 1. The van der Waals surface area contributed by atoms with Crippen LogP contribution in [0.1, 0.15) is 45.4 Å². The fourth-order valence-electron chi connectivity index (χ4n) is 3.69. The third-order valence-electron chi connectivity index (χ3n) is 5.16. The fraction of sp³-hybridized carbons (Fsp3) is 1.00. The molecule has 1 saturated carbocycles. The molecule has 0 aromatic heterocycles. The number of aliphatic hydroxyl groups is 1. The summed E-state index contributed by atoms with van der Waals surface area (Å²) in [6.07, 6.45) is 6.26. The molecule has 1 heterocycles. The number of nitrogens with zero attached hydrogens (tertiary/aromatic N) is 1. The van der Waals surface area contributed by atoms with E-state index in [1.54, 1.807) is 0 Å².